The maximum atomic E-state index is 13.5. The van der Waals surface area contributed by atoms with E-state index in [1.807, 2.05) is 0 Å². The van der Waals surface area contributed by atoms with Crippen LogP contribution in [0.4, 0.5) is 11.4 Å². The molecule has 4 rings (SSSR count). The number of esters is 5. The molecule has 0 saturated carbocycles. The Hall–Kier alpha value is -7.13. The summed E-state index contributed by atoms with van der Waals surface area (Å²) in [5.41, 5.74) is 15.6. The van der Waals surface area contributed by atoms with Gasteiger partial charge in [-0.25, -0.2) is 24.0 Å². The molecule has 0 aliphatic rings. The van der Waals surface area contributed by atoms with Gasteiger partial charge in [0.05, 0.1) is 63.4 Å². The zero-order valence-corrected chi connectivity index (χ0v) is 39.4. The van der Waals surface area contributed by atoms with Gasteiger partial charge in [0.2, 0.25) is 5.75 Å². The second-order valence-corrected chi connectivity index (χ2v) is 15.9. The van der Waals surface area contributed by atoms with Gasteiger partial charge < -0.3 is 44.8 Å². The van der Waals surface area contributed by atoms with Crippen molar-refractivity contribution in [1.82, 2.24) is 0 Å². The normalized spacial score (nSPS) is 10.9. The Morgan fingerprint density at radius 3 is 1.76 bits per heavy atom. The molecule has 4 N–H and O–H groups in total. The molecule has 0 fully saturated rings. The van der Waals surface area contributed by atoms with Gasteiger partial charge in [0.25, 0.3) is 0 Å². The Labute approximate surface area is 398 Å². The number of unbranched alkanes of at least 4 members (excludes halogenated alkanes) is 11. The monoisotopic (exact) mass is 936 g/mol. The lowest BCUT2D eigenvalue weighted by Crippen LogP contribution is -2.12. The first-order valence-electron chi connectivity index (χ1n) is 22.9. The fraction of sp³-hybridized carbons (Fsp3) is 0.377. The van der Waals surface area contributed by atoms with Crippen molar-refractivity contribution in [1.29, 1.82) is 0 Å². The van der Waals surface area contributed by atoms with Gasteiger partial charge in [0, 0.05) is 17.5 Å². The Kier molecular flexibility index (Phi) is 23.2. The summed E-state index contributed by atoms with van der Waals surface area (Å²) < 4.78 is 31.5. The summed E-state index contributed by atoms with van der Waals surface area (Å²) in [6.07, 6.45) is 15.4. The lowest BCUT2D eigenvalue weighted by atomic mass is 10.0. The van der Waals surface area contributed by atoms with Crippen molar-refractivity contribution in [2.24, 2.45) is 0 Å². The fourth-order valence-corrected chi connectivity index (χ4v) is 6.98. The molecular weight excluding hydrogens is 873 g/mol. The number of anilines is 2. The molecule has 0 amide bonds. The van der Waals surface area contributed by atoms with E-state index in [-0.39, 0.29) is 17.9 Å². The molecule has 0 saturated heterocycles. The number of ether oxygens (including phenoxy) is 6. The van der Waals surface area contributed by atoms with Crippen molar-refractivity contribution in [3.05, 3.63) is 125 Å². The molecule has 4 aromatic rings. The van der Waals surface area contributed by atoms with Crippen molar-refractivity contribution >= 4 is 52.9 Å². The highest BCUT2D eigenvalue weighted by Crippen LogP contribution is 2.31. The van der Waals surface area contributed by atoms with Crippen LogP contribution < -0.4 is 25.8 Å². The number of hydrogen-bond acceptors (Lipinski definition) is 15. The third-order valence-electron chi connectivity index (χ3n) is 10.8. The standard InChI is InChI=1S/C53H64N2O13/c1-37(50(57)63-4)41-25-27-47(48(34-41)61-2)68-66-31-17-13-10-14-18-39-24-26-45(67-52(59)40-22-19-38(20-23-40)21-28-49(56)62-3)36-46(39)53(60)65-30-16-12-9-7-5-6-8-11-15-29-64-51(58)42-32-43(54)35-44(55)33-42/h19-28,32-36H,1,5-18,29-31,54-55H2,2-4H3/b28-21+. The molecule has 0 radical (unpaired) electrons. The van der Waals surface area contributed by atoms with E-state index >= 15 is 0 Å². The predicted molar refractivity (Wildman–Crippen MR) is 259 cm³/mol. The number of hydrogen-bond donors (Lipinski definition) is 2. The lowest BCUT2D eigenvalue weighted by Gasteiger charge is -2.13. The van der Waals surface area contributed by atoms with Gasteiger partial charge in [0.1, 0.15) is 5.75 Å². The van der Waals surface area contributed by atoms with Crippen LogP contribution in [0.2, 0.25) is 0 Å². The number of nitrogen functional groups attached to an aromatic ring is 2. The van der Waals surface area contributed by atoms with Crippen LogP contribution in [0.1, 0.15) is 131 Å². The van der Waals surface area contributed by atoms with Crippen molar-refractivity contribution in [3.8, 4) is 17.2 Å². The second-order valence-electron chi connectivity index (χ2n) is 15.9. The number of carbonyl (C=O) groups is 5. The molecule has 4 aromatic carbocycles. The van der Waals surface area contributed by atoms with E-state index < -0.39 is 29.8 Å². The van der Waals surface area contributed by atoms with Gasteiger partial charge in [-0.1, -0.05) is 88.6 Å². The predicted octanol–water partition coefficient (Wildman–Crippen LogP) is 10.1. The van der Waals surface area contributed by atoms with E-state index in [4.69, 9.17) is 44.9 Å². The summed E-state index contributed by atoms with van der Waals surface area (Å²) in [5, 5.41) is 0. The van der Waals surface area contributed by atoms with Crippen LogP contribution in [-0.2, 0) is 39.8 Å². The van der Waals surface area contributed by atoms with Gasteiger partial charge >= 0.3 is 29.8 Å². The summed E-state index contributed by atoms with van der Waals surface area (Å²) >= 11 is 0. The molecule has 0 bridgehead atoms. The van der Waals surface area contributed by atoms with Crippen LogP contribution in [0.25, 0.3) is 11.6 Å². The van der Waals surface area contributed by atoms with E-state index in [1.54, 1.807) is 84.9 Å². The van der Waals surface area contributed by atoms with E-state index in [1.165, 1.54) is 27.4 Å². The van der Waals surface area contributed by atoms with Gasteiger partial charge in [-0.15, -0.1) is 0 Å². The second kappa shape index (κ2) is 29.5. The number of carbonyl (C=O) groups excluding carboxylic acids is 5. The number of aryl methyl sites for hydroxylation is 1. The maximum absolute atomic E-state index is 13.5. The van der Waals surface area contributed by atoms with Crippen LogP contribution in [0.3, 0.4) is 0 Å². The minimum Gasteiger partial charge on any atom is -0.493 e. The highest BCUT2D eigenvalue weighted by Gasteiger charge is 2.18. The molecule has 364 valence electrons. The van der Waals surface area contributed by atoms with Crippen LogP contribution >= 0.6 is 0 Å². The fourth-order valence-electron chi connectivity index (χ4n) is 6.98. The van der Waals surface area contributed by atoms with Crippen molar-refractivity contribution < 1.29 is 62.2 Å². The van der Waals surface area contributed by atoms with Crippen LogP contribution in [0.5, 0.6) is 17.2 Å². The van der Waals surface area contributed by atoms with E-state index in [0.717, 1.165) is 82.6 Å². The number of methoxy groups -OCH3 is 3. The summed E-state index contributed by atoms with van der Waals surface area (Å²) in [7, 11) is 4.06. The molecule has 0 aromatic heterocycles. The molecule has 0 aliphatic carbocycles. The van der Waals surface area contributed by atoms with E-state index in [0.29, 0.717) is 76.7 Å². The summed E-state index contributed by atoms with van der Waals surface area (Å²) in [5.74, 6) is -1.61. The first kappa shape index (κ1) is 53.5. The Bertz CT molecular complexity index is 2300. The van der Waals surface area contributed by atoms with Gasteiger partial charge in [-0.3, -0.25) is 0 Å². The third kappa shape index (κ3) is 18.6. The Balaban J connectivity index is 1.20. The molecule has 15 nitrogen and oxygen atoms in total. The van der Waals surface area contributed by atoms with Crippen molar-refractivity contribution in [2.75, 3.05) is 52.6 Å². The molecule has 0 heterocycles. The smallest absolute Gasteiger partial charge is 0.343 e. The molecule has 0 aliphatic heterocycles. The van der Waals surface area contributed by atoms with Crippen molar-refractivity contribution in [2.45, 2.75) is 89.9 Å². The van der Waals surface area contributed by atoms with E-state index in [9.17, 15) is 24.0 Å². The Morgan fingerprint density at radius 1 is 0.559 bits per heavy atom. The van der Waals surface area contributed by atoms with Gasteiger partial charge in [-0.2, -0.15) is 4.89 Å². The summed E-state index contributed by atoms with van der Waals surface area (Å²) in [6, 6.07) is 21.2. The minimum absolute atomic E-state index is 0.189. The van der Waals surface area contributed by atoms with Crippen LogP contribution in [0.15, 0.2) is 91.5 Å². The van der Waals surface area contributed by atoms with Gasteiger partial charge in [-0.05, 0) is 109 Å². The van der Waals surface area contributed by atoms with Crippen LogP contribution in [-0.4, -0.2) is 71.0 Å². The van der Waals surface area contributed by atoms with Crippen molar-refractivity contribution in [3.63, 3.8) is 0 Å². The average molecular weight is 937 g/mol. The first-order valence-corrected chi connectivity index (χ1v) is 22.9. The molecule has 0 unspecified atom stereocenters. The van der Waals surface area contributed by atoms with Crippen LogP contribution in [0, 0.1) is 0 Å². The maximum Gasteiger partial charge on any atom is 0.343 e. The molecule has 0 atom stereocenters. The van der Waals surface area contributed by atoms with E-state index in [2.05, 4.69) is 11.3 Å². The zero-order valence-electron chi connectivity index (χ0n) is 39.4. The number of benzene rings is 4. The Morgan fingerprint density at radius 2 is 1.15 bits per heavy atom. The first-order chi connectivity index (χ1) is 32.9. The zero-order chi connectivity index (χ0) is 49.1. The third-order valence-corrected chi connectivity index (χ3v) is 10.8. The topological polar surface area (TPSA) is 211 Å². The number of nitrogens with two attached hydrogens (primary N) is 2. The molecule has 0 spiro atoms. The average Bonchev–Trinajstić information content (AvgIpc) is 3.34. The number of rotatable bonds is 30. The SMILES string of the molecule is C=C(C(=O)OC)c1ccc(OOCCCCCCc2ccc(OC(=O)c3ccc(/C=C/C(=O)OC)cc3)cc2C(=O)OCCCCCCCCCCCOC(=O)c2cc(N)cc(N)c2)c(OC)c1. The molecule has 15 heteroatoms. The molecular formula is C53H64N2O13. The highest BCUT2D eigenvalue weighted by molar-refractivity contribution is 6.15. The summed E-state index contributed by atoms with van der Waals surface area (Å²) in [6.45, 7) is 4.70. The molecule has 68 heavy (non-hydrogen) atoms. The van der Waals surface area contributed by atoms with Gasteiger partial charge in [0.15, 0.2) is 5.75 Å². The highest BCUT2D eigenvalue weighted by atomic mass is 17.2. The summed E-state index contributed by atoms with van der Waals surface area (Å²) in [4.78, 5) is 73.1. The minimum atomic E-state index is -0.603. The largest absolute Gasteiger partial charge is 0.493 e. The lowest BCUT2D eigenvalue weighted by molar-refractivity contribution is -0.208. The quantitative estimate of drug-likeness (QED) is 0.00728.